The summed E-state index contributed by atoms with van der Waals surface area (Å²) in [4.78, 5) is 12.3. The molecule has 152 valence electrons. The number of hydrogen-bond acceptors (Lipinski definition) is 6. The Morgan fingerprint density at radius 1 is 1.03 bits per heavy atom. The Bertz CT molecular complexity index is 1160. The van der Waals surface area contributed by atoms with Crippen LogP contribution < -0.4 is 10.1 Å². The van der Waals surface area contributed by atoms with Crippen LogP contribution in [0.3, 0.4) is 0 Å². The monoisotopic (exact) mass is 427 g/mol. The summed E-state index contributed by atoms with van der Waals surface area (Å²) in [7, 11) is 0. The Hall–Kier alpha value is -3.46. The van der Waals surface area contributed by atoms with Crippen molar-refractivity contribution in [2.24, 2.45) is 0 Å². The van der Waals surface area contributed by atoms with Gasteiger partial charge in [-0.05, 0) is 35.7 Å². The number of ether oxygens (including phenoxy) is 1. The molecule has 1 amide bonds. The summed E-state index contributed by atoms with van der Waals surface area (Å²) >= 11 is 1.10. The lowest BCUT2D eigenvalue weighted by Crippen LogP contribution is -2.14. The molecule has 4 aromatic rings. The number of anilines is 1. The molecule has 0 saturated carbocycles. The maximum Gasteiger partial charge on any atom is 0.387 e. The van der Waals surface area contributed by atoms with Crippen LogP contribution in [0.15, 0.2) is 76.4 Å². The minimum absolute atomic E-state index is 0.0352. The highest BCUT2D eigenvalue weighted by Gasteiger charge is 2.13. The normalized spacial score (nSPS) is 11.0. The van der Waals surface area contributed by atoms with E-state index in [1.54, 1.807) is 0 Å². The van der Waals surface area contributed by atoms with Gasteiger partial charge in [0.2, 0.25) is 11.8 Å². The molecule has 9 heteroatoms. The largest absolute Gasteiger partial charge is 0.435 e. The van der Waals surface area contributed by atoms with Crippen molar-refractivity contribution in [3.8, 4) is 17.2 Å². The Balaban J connectivity index is 1.36. The first kappa shape index (κ1) is 19.8. The summed E-state index contributed by atoms with van der Waals surface area (Å²) in [5, 5.41) is 12.9. The van der Waals surface area contributed by atoms with Gasteiger partial charge in [0.25, 0.3) is 5.22 Å². The van der Waals surface area contributed by atoms with Crippen molar-refractivity contribution in [1.29, 1.82) is 0 Å². The van der Waals surface area contributed by atoms with E-state index in [1.807, 2.05) is 42.5 Å². The van der Waals surface area contributed by atoms with Gasteiger partial charge in [0, 0.05) is 16.6 Å². The summed E-state index contributed by atoms with van der Waals surface area (Å²) in [5.74, 6) is 0.139. The maximum atomic E-state index is 12.3. The lowest BCUT2D eigenvalue weighted by Gasteiger charge is -2.07. The lowest BCUT2D eigenvalue weighted by atomic mass is 10.1. The summed E-state index contributed by atoms with van der Waals surface area (Å²) in [6, 6.07) is 19.3. The molecule has 0 atom stereocenters. The zero-order valence-electron chi connectivity index (χ0n) is 15.4. The number of halogens is 2. The predicted octanol–water partition coefficient (Wildman–Crippen LogP) is 5.22. The molecule has 30 heavy (non-hydrogen) atoms. The topological polar surface area (TPSA) is 77.2 Å². The predicted molar refractivity (Wildman–Crippen MR) is 110 cm³/mol. The van der Waals surface area contributed by atoms with Crippen LogP contribution in [0.1, 0.15) is 0 Å². The second-order valence-electron chi connectivity index (χ2n) is 6.14. The molecule has 0 saturated heterocycles. The van der Waals surface area contributed by atoms with Crippen LogP contribution in [0, 0.1) is 0 Å². The Kier molecular flexibility index (Phi) is 5.89. The molecule has 0 aliphatic carbocycles. The molecule has 0 aliphatic heterocycles. The average molecular weight is 427 g/mol. The minimum Gasteiger partial charge on any atom is -0.435 e. The highest BCUT2D eigenvalue weighted by Crippen LogP contribution is 2.26. The van der Waals surface area contributed by atoms with E-state index in [-0.39, 0.29) is 28.5 Å². The molecule has 6 nitrogen and oxygen atoms in total. The van der Waals surface area contributed by atoms with E-state index in [0.29, 0.717) is 5.56 Å². The zero-order chi connectivity index (χ0) is 20.9. The summed E-state index contributed by atoms with van der Waals surface area (Å²) in [6.45, 7) is -2.89. The molecule has 0 aliphatic rings. The van der Waals surface area contributed by atoms with Crippen LogP contribution in [0.4, 0.5) is 14.5 Å². The Morgan fingerprint density at radius 2 is 1.80 bits per heavy atom. The van der Waals surface area contributed by atoms with Crippen molar-refractivity contribution in [2.75, 3.05) is 11.1 Å². The van der Waals surface area contributed by atoms with Gasteiger partial charge in [0.05, 0.1) is 5.75 Å². The highest BCUT2D eigenvalue weighted by atomic mass is 32.2. The number of rotatable bonds is 7. The van der Waals surface area contributed by atoms with Gasteiger partial charge in [0.1, 0.15) is 5.75 Å². The van der Waals surface area contributed by atoms with E-state index >= 15 is 0 Å². The quantitative estimate of drug-likeness (QED) is 0.408. The SMILES string of the molecule is O=C(CSc1nnc(-c2ccc(OC(F)F)cc2)o1)Nc1cccc2ccccc12. The van der Waals surface area contributed by atoms with Crippen LogP contribution >= 0.6 is 11.8 Å². The average Bonchev–Trinajstić information content (AvgIpc) is 3.22. The van der Waals surface area contributed by atoms with Gasteiger partial charge in [-0.3, -0.25) is 4.79 Å². The number of fused-ring (bicyclic) bond motifs is 1. The Morgan fingerprint density at radius 3 is 2.60 bits per heavy atom. The third kappa shape index (κ3) is 4.74. The number of hydrogen-bond donors (Lipinski definition) is 1. The molecule has 1 aromatic heterocycles. The number of benzene rings is 3. The first-order valence-electron chi connectivity index (χ1n) is 8.87. The second-order valence-corrected chi connectivity index (χ2v) is 7.07. The molecule has 4 rings (SSSR count). The lowest BCUT2D eigenvalue weighted by molar-refractivity contribution is -0.113. The smallest absolute Gasteiger partial charge is 0.387 e. The molecule has 3 aromatic carbocycles. The van der Waals surface area contributed by atoms with Gasteiger partial charge < -0.3 is 14.5 Å². The number of nitrogens with one attached hydrogen (secondary N) is 1. The molecular formula is C21H15F2N3O3S. The van der Waals surface area contributed by atoms with Crippen molar-refractivity contribution in [3.63, 3.8) is 0 Å². The fourth-order valence-electron chi connectivity index (χ4n) is 2.81. The minimum atomic E-state index is -2.89. The molecule has 0 spiro atoms. The van der Waals surface area contributed by atoms with Crippen molar-refractivity contribution in [2.45, 2.75) is 11.8 Å². The van der Waals surface area contributed by atoms with E-state index in [9.17, 15) is 13.6 Å². The van der Waals surface area contributed by atoms with Crippen LogP contribution in [0.25, 0.3) is 22.2 Å². The summed E-state index contributed by atoms with van der Waals surface area (Å²) < 4.78 is 34.3. The van der Waals surface area contributed by atoms with E-state index < -0.39 is 6.61 Å². The van der Waals surface area contributed by atoms with E-state index in [0.717, 1.165) is 28.2 Å². The third-order valence-electron chi connectivity index (χ3n) is 4.12. The van der Waals surface area contributed by atoms with Gasteiger partial charge in [-0.25, -0.2) is 0 Å². The Labute approximate surface area is 174 Å². The number of carbonyl (C=O) groups is 1. The molecule has 1 N–H and O–H groups in total. The number of aromatic nitrogens is 2. The second kappa shape index (κ2) is 8.91. The van der Waals surface area contributed by atoms with Crippen molar-refractivity contribution < 1.29 is 22.7 Å². The number of carbonyl (C=O) groups excluding carboxylic acids is 1. The van der Waals surface area contributed by atoms with E-state index in [2.05, 4.69) is 20.3 Å². The van der Waals surface area contributed by atoms with E-state index in [1.165, 1.54) is 24.3 Å². The summed E-state index contributed by atoms with van der Waals surface area (Å²) in [5.41, 5.74) is 1.28. The maximum absolute atomic E-state index is 12.3. The fourth-order valence-corrected chi connectivity index (χ4v) is 3.37. The van der Waals surface area contributed by atoms with Gasteiger partial charge in [0.15, 0.2) is 0 Å². The van der Waals surface area contributed by atoms with Crippen molar-refractivity contribution >= 4 is 34.1 Å². The first-order valence-corrected chi connectivity index (χ1v) is 9.86. The standard InChI is InChI=1S/C21H15F2N3O3S/c22-20(23)28-15-10-8-14(9-11-15)19-25-26-21(29-19)30-12-18(27)24-17-7-3-5-13-4-1-2-6-16(13)17/h1-11,20H,12H2,(H,24,27). The van der Waals surface area contributed by atoms with Gasteiger partial charge in [-0.15, -0.1) is 10.2 Å². The fraction of sp³-hybridized carbons (Fsp3) is 0.0952. The third-order valence-corrected chi connectivity index (χ3v) is 4.94. The van der Waals surface area contributed by atoms with Crippen LogP contribution in [-0.2, 0) is 4.79 Å². The highest BCUT2D eigenvalue weighted by molar-refractivity contribution is 7.99. The molecular weight excluding hydrogens is 412 g/mol. The molecule has 0 radical (unpaired) electrons. The molecule has 1 heterocycles. The van der Waals surface area contributed by atoms with Crippen LogP contribution in [-0.4, -0.2) is 28.5 Å². The van der Waals surface area contributed by atoms with Gasteiger partial charge >= 0.3 is 6.61 Å². The molecule has 0 fully saturated rings. The van der Waals surface area contributed by atoms with Gasteiger partial charge in [-0.1, -0.05) is 48.2 Å². The van der Waals surface area contributed by atoms with E-state index in [4.69, 9.17) is 4.42 Å². The van der Waals surface area contributed by atoms with Gasteiger partial charge in [-0.2, -0.15) is 8.78 Å². The number of thioether (sulfide) groups is 1. The molecule has 0 unspecified atom stereocenters. The first-order chi connectivity index (χ1) is 14.6. The van der Waals surface area contributed by atoms with Crippen LogP contribution in [0.5, 0.6) is 5.75 Å². The zero-order valence-corrected chi connectivity index (χ0v) is 16.2. The number of amides is 1. The summed E-state index contributed by atoms with van der Waals surface area (Å²) in [6.07, 6.45) is 0. The van der Waals surface area contributed by atoms with Crippen LogP contribution in [0.2, 0.25) is 0 Å². The number of alkyl halides is 2. The number of nitrogens with zero attached hydrogens (tertiary/aromatic N) is 2. The molecule has 0 bridgehead atoms. The van der Waals surface area contributed by atoms with Crippen molar-refractivity contribution in [1.82, 2.24) is 10.2 Å². The van der Waals surface area contributed by atoms with Crippen molar-refractivity contribution in [3.05, 3.63) is 66.7 Å².